The largest absolute Gasteiger partial charge is 0.490 e. The first kappa shape index (κ1) is 17.4. The summed E-state index contributed by atoms with van der Waals surface area (Å²) < 4.78 is 15.8. The number of carbonyl (C=O) groups excluding carboxylic acids is 1. The Balaban J connectivity index is 1.72. The van der Waals surface area contributed by atoms with E-state index in [1.165, 1.54) is 0 Å². The highest BCUT2D eigenvalue weighted by atomic mass is 16.5. The molecule has 0 unspecified atom stereocenters. The number of likely N-dealkylation sites (tertiary alicyclic amines) is 1. The van der Waals surface area contributed by atoms with E-state index in [4.69, 9.17) is 14.0 Å². The number of aryl methyl sites for hydroxylation is 1. The number of methoxy groups -OCH3 is 1. The van der Waals surface area contributed by atoms with Gasteiger partial charge in [-0.1, -0.05) is 17.3 Å². The Morgan fingerprint density at radius 3 is 2.96 bits per heavy atom. The molecule has 1 aliphatic heterocycles. The number of benzene rings is 1. The zero-order valence-electron chi connectivity index (χ0n) is 14.6. The fourth-order valence-electron chi connectivity index (χ4n) is 3.03. The minimum Gasteiger partial charge on any atom is -0.490 e. The minimum absolute atomic E-state index is 0.0297. The van der Waals surface area contributed by atoms with Gasteiger partial charge in [0.05, 0.1) is 12.2 Å². The highest BCUT2D eigenvalue weighted by Crippen LogP contribution is 2.28. The van der Waals surface area contributed by atoms with Gasteiger partial charge in [-0.3, -0.25) is 4.79 Å². The van der Waals surface area contributed by atoms with E-state index < -0.39 is 0 Å². The molecule has 0 bridgehead atoms. The monoisotopic (exact) mass is 345 g/mol. The predicted molar refractivity (Wildman–Crippen MR) is 90.7 cm³/mol. The molecule has 2 aromatic rings. The lowest BCUT2D eigenvalue weighted by Gasteiger charge is -2.31. The number of aromatic nitrogens is 2. The summed E-state index contributed by atoms with van der Waals surface area (Å²) in [4.78, 5) is 19.1. The highest BCUT2D eigenvalue weighted by molar-refractivity contribution is 5.97. The fourth-order valence-corrected chi connectivity index (χ4v) is 3.03. The van der Waals surface area contributed by atoms with Gasteiger partial charge in [0.2, 0.25) is 5.89 Å². The smallest absolute Gasteiger partial charge is 0.257 e. The molecule has 1 aliphatic rings. The lowest BCUT2D eigenvalue weighted by Crippen LogP contribution is -2.39. The van der Waals surface area contributed by atoms with E-state index in [0.717, 1.165) is 19.4 Å². The molecule has 1 fully saturated rings. The van der Waals surface area contributed by atoms with E-state index in [2.05, 4.69) is 10.1 Å². The van der Waals surface area contributed by atoms with Gasteiger partial charge < -0.3 is 18.9 Å². The summed E-state index contributed by atoms with van der Waals surface area (Å²) in [6.45, 7) is 3.97. The van der Waals surface area contributed by atoms with Gasteiger partial charge in [0.15, 0.2) is 5.82 Å². The molecule has 1 amide bonds. The van der Waals surface area contributed by atoms with Crippen molar-refractivity contribution in [3.8, 4) is 5.75 Å². The van der Waals surface area contributed by atoms with Crippen molar-refractivity contribution in [2.45, 2.75) is 25.7 Å². The van der Waals surface area contributed by atoms with Gasteiger partial charge in [0, 0.05) is 33.0 Å². The van der Waals surface area contributed by atoms with Crippen LogP contribution in [0.3, 0.4) is 0 Å². The Bertz CT molecular complexity index is 716. The molecule has 1 atom stereocenters. The van der Waals surface area contributed by atoms with Gasteiger partial charge in [0.1, 0.15) is 12.4 Å². The van der Waals surface area contributed by atoms with Crippen LogP contribution in [-0.4, -0.2) is 54.4 Å². The Morgan fingerprint density at radius 1 is 1.36 bits per heavy atom. The van der Waals surface area contributed by atoms with Crippen LogP contribution in [0.5, 0.6) is 5.75 Å². The van der Waals surface area contributed by atoms with Crippen molar-refractivity contribution in [2.75, 3.05) is 33.4 Å². The Hall–Kier alpha value is -2.41. The van der Waals surface area contributed by atoms with E-state index in [-0.39, 0.29) is 11.8 Å². The molecule has 0 spiro atoms. The van der Waals surface area contributed by atoms with Crippen LogP contribution in [0.15, 0.2) is 28.8 Å². The van der Waals surface area contributed by atoms with E-state index >= 15 is 0 Å². The molecule has 0 N–H and O–H groups in total. The van der Waals surface area contributed by atoms with Crippen molar-refractivity contribution in [1.82, 2.24) is 15.0 Å². The average molecular weight is 345 g/mol. The van der Waals surface area contributed by atoms with Crippen molar-refractivity contribution in [3.05, 3.63) is 41.5 Å². The van der Waals surface area contributed by atoms with Crippen molar-refractivity contribution in [2.24, 2.45) is 0 Å². The van der Waals surface area contributed by atoms with Gasteiger partial charge in [0.25, 0.3) is 5.91 Å². The summed E-state index contributed by atoms with van der Waals surface area (Å²) in [7, 11) is 1.62. The number of amides is 1. The lowest BCUT2D eigenvalue weighted by molar-refractivity contribution is 0.0696. The van der Waals surface area contributed by atoms with Gasteiger partial charge in [-0.2, -0.15) is 4.98 Å². The molecule has 7 heteroatoms. The molecule has 0 aliphatic carbocycles. The topological polar surface area (TPSA) is 77.7 Å². The predicted octanol–water partition coefficient (Wildman–Crippen LogP) is 2.42. The Labute approximate surface area is 146 Å². The number of para-hydroxylation sites is 1. The van der Waals surface area contributed by atoms with Gasteiger partial charge >= 0.3 is 0 Å². The Kier molecular flexibility index (Phi) is 5.65. The Morgan fingerprint density at radius 2 is 2.20 bits per heavy atom. The number of piperidine rings is 1. The van der Waals surface area contributed by atoms with Crippen LogP contribution in [-0.2, 0) is 4.74 Å². The van der Waals surface area contributed by atoms with Crippen molar-refractivity contribution in [1.29, 1.82) is 0 Å². The average Bonchev–Trinajstić information content (AvgIpc) is 3.08. The zero-order chi connectivity index (χ0) is 17.6. The van der Waals surface area contributed by atoms with Crippen LogP contribution in [0.4, 0.5) is 0 Å². The molecule has 25 heavy (non-hydrogen) atoms. The molecule has 1 aromatic carbocycles. The van der Waals surface area contributed by atoms with Gasteiger partial charge in [-0.25, -0.2) is 0 Å². The molecule has 3 rings (SSSR count). The maximum Gasteiger partial charge on any atom is 0.257 e. The zero-order valence-corrected chi connectivity index (χ0v) is 14.6. The van der Waals surface area contributed by atoms with E-state index in [1.54, 1.807) is 20.1 Å². The SMILES string of the molecule is COCCOc1ccccc1C(=O)N1CCC[C@@H](c2noc(C)n2)C1. The molecule has 134 valence electrons. The molecule has 0 radical (unpaired) electrons. The van der Waals surface area contributed by atoms with Crippen molar-refractivity contribution < 1.29 is 18.8 Å². The number of hydrogen-bond donors (Lipinski definition) is 0. The second-order valence-corrected chi connectivity index (χ2v) is 6.10. The lowest BCUT2D eigenvalue weighted by atomic mass is 9.96. The van der Waals surface area contributed by atoms with Gasteiger partial charge in [-0.05, 0) is 25.0 Å². The third-order valence-electron chi connectivity index (χ3n) is 4.28. The minimum atomic E-state index is -0.0297. The highest BCUT2D eigenvalue weighted by Gasteiger charge is 2.29. The number of nitrogens with zero attached hydrogens (tertiary/aromatic N) is 3. The first-order chi connectivity index (χ1) is 12.2. The van der Waals surface area contributed by atoms with E-state index in [1.807, 2.05) is 23.1 Å². The number of carbonyl (C=O) groups is 1. The van der Waals surface area contributed by atoms with Crippen LogP contribution in [0.1, 0.15) is 40.8 Å². The molecule has 0 saturated carbocycles. The summed E-state index contributed by atoms with van der Waals surface area (Å²) in [6.07, 6.45) is 1.87. The molecule has 1 saturated heterocycles. The van der Waals surface area contributed by atoms with Crippen LogP contribution < -0.4 is 4.74 Å². The summed E-state index contributed by atoms with van der Waals surface area (Å²) in [6, 6.07) is 7.32. The first-order valence-electron chi connectivity index (χ1n) is 8.49. The third-order valence-corrected chi connectivity index (χ3v) is 4.28. The number of hydrogen-bond acceptors (Lipinski definition) is 6. The van der Waals surface area contributed by atoms with Crippen LogP contribution in [0.2, 0.25) is 0 Å². The molecular formula is C18H23N3O4. The third kappa shape index (κ3) is 4.17. The quantitative estimate of drug-likeness (QED) is 0.748. The standard InChI is InChI=1S/C18H23N3O4/c1-13-19-17(20-25-13)14-6-5-9-21(12-14)18(22)15-7-3-4-8-16(15)24-11-10-23-2/h3-4,7-8,14H,5-6,9-12H2,1-2H3/t14-/m1/s1. The second-order valence-electron chi connectivity index (χ2n) is 6.10. The maximum absolute atomic E-state index is 13.0. The van der Waals surface area contributed by atoms with Gasteiger partial charge in [-0.15, -0.1) is 0 Å². The summed E-state index contributed by atoms with van der Waals surface area (Å²) in [5.74, 6) is 1.90. The van der Waals surface area contributed by atoms with Crippen LogP contribution in [0.25, 0.3) is 0 Å². The van der Waals surface area contributed by atoms with Crippen molar-refractivity contribution >= 4 is 5.91 Å². The maximum atomic E-state index is 13.0. The second kappa shape index (κ2) is 8.11. The van der Waals surface area contributed by atoms with Crippen LogP contribution >= 0.6 is 0 Å². The summed E-state index contributed by atoms with van der Waals surface area (Å²) in [5.41, 5.74) is 0.573. The summed E-state index contributed by atoms with van der Waals surface area (Å²) in [5, 5.41) is 4.01. The van der Waals surface area contributed by atoms with Crippen molar-refractivity contribution in [3.63, 3.8) is 0 Å². The molecule has 7 nitrogen and oxygen atoms in total. The number of ether oxygens (including phenoxy) is 2. The molecule has 1 aromatic heterocycles. The fraction of sp³-hybridized carbons (Fsp3) is 0.500. The normalized spacial score (nSPS) is 17.5. The molecule has 2 heterocycles. The molecular weight excluding hydrogens is 322 g/mol. The summed E-state index contributed by atoms with van der Waals surface area (Å²) >= 11 is 0. The first-order valence-corrected chi connectivity index (χ1v) is 8.49. The van der Waals surface area contributed by atoms with Crippen LogP contribution in [0, 0.1) is 6.92 Å². The number of rotatable bonds is 6. The van der Waals surface area contributed by atoms with E-state index in [9.17, 15) is 4.79 Å². The van der Waals surface area contributed by atoms with E-state index in [0.29, 0.717) is 42.8 Å².